The van der Waals surface area contributed by atoms with Gasteiger partial charge in [-0.1, -0.05) is 236 Å². The minimum atomic E-state index is -5.86. The van der Waals surface area contributed by atoms with E-state index in [2.05, 4.69) is 232 Å². The van der Waals surface area contributed by atoms with Crippen LogP contribution in [0, 0.1) is 28.6 Å². The van der Waals surface area contributed by atoms with Gasteiger partial charge < -0.3 is 43.2 Å². The van der Waals surface area contributed by atoms with E-state index in [-0.39, 0.29) is 41.5 Å². The van der Waals surface area contributed by atoms with Gasteiger partial charge in [0.05, 0.1) is 29.0 Å². The third-order valence-corrected chi connectivity index (χ3v) is 28.7. The van der Waals surface area contributed by atoms with E-state index in [1.165, 1.54) is 179 Å². The summed E-state index contributed by atoms with van der Waals surface area (Å²) < 4.78 is 91.1. The van der Waals surface area contributed by atoms with Crippen molar-refractivity contribution in [3.8, 4) is 23.0 Å². The zero-order chi connectivity index (χ0) is 89.0. The number of phenolic OH excluding ortho intramolecular Hbond substituents is 1. The molecule has 0 spiro atoms. The van der Waals surface area contributed by atoms with Crippen molar-refractivity contribution in [1.82, 2.24) is 0 Å². The third-order valence-electron chi connectivity index (χ3n) is 25.5. The van der Waals surface area contributed by atoms with Crippen LogP contribution in [-0.4, -0.2) is 78.4 Å². The van der Waals surface area contributed by atoms with Gasteiger partial charge in [-0.15, -0.1) is 0 Å². The summed E-state index contributed by atoms with van der Waals surface area (Å²) in [7, 11) is -5.95. The summed E-state index contributed by atoms with van der Waals surface area (Å²) in [4.78, 5) is 26.0. The van der Waals surface area contributed by atoms with Crippen LogP contribution >= 0.6 is 0 Å². The molecule has 8 aromatic rings. The Morgan fingerprint density at radius 1 is 0.557 bits per heavy atom. The smallest absolute Gasteiger partial charge is 0.369 e. The zero-order valence-corrected chi connectivity index (χ0v) is 77.6. The van der Waals surface area contributed by atoms with Crippen molar-refractivity contribution in [2.24, 2.45) is 28.6 Å². The zero-order valence-electron chi connectivity index (χ0n) is 76.0. The highest BCUT2D eigenvalue weighted by Crippen LogP contribution is 2.57. The number of hydrogen-bond donors (Lipinski definition) is 2. The Morgan fingerprint density at radius 3 is 1.42 bits per heavy atom. The first kappa shape index (κ1) is 101. The number of fused-ring (bicyclic) bond motifs is 3. The first-order valence-electron chi connectivity index (χ1n) is 45.3. The van der Waals surface area contributed by atoms with Crippen molar-refractivity contribution in [2.45, 2.75) is 326 Å². The average Bonchev–Trinajstić information content (AvgIpc) is 1.60. The quantitative estimate of drug-likeness (QED) is 0.0148. The van der Waals surface area contributed by atoms with E-state index < -0.39 is 32.9 Å². The molecule has 5 aliphatic rings. The highest BCUT2D eigenvalue weighted by atomic mass is 32.2. The third kappa shape index (κ3) is 32.0. The number of hydrogen-bond acceptors (Lipinski definition) is 13. The minimum Gasteiger partial charge on any atom is -0.743 e. The maximum Gasteiger partial charge on any atom is 0.369 e. The Balaban J connectivity index is 0.000000200. The Bertz CT molecular complexity index is 4340. The van der Waals surface area contributed by atoms with Crippen molar-refractivity contribution in [1.29, 1.82) is 0 Å². The van der Waals surface area contributed by atoms with Crippen LogP contribution in [0.4, 0.5) is 8.78 Å². The normalized spacial score (nSPS) is 19.2. The number of phenols is 1. The molecule has 9 unspecified atom stereocenters. The van der Waals surface area contributed by atoms with Gasteiger partial charge in [-0.2, -0.15) is 8.78 Å². The minimum absolute atomic E-state index is 0.0543. The molecule has 5 aliphatic carbocycles. The molecule has 0 aromatic heterocycles. The lowest BCUT2D eigenvalue weighted by atomic mass is 9.83. The van der Waals surface area contributed by atoms with E-state index in [4.69, 9.17) is 33.9 Å². The number of benzene rings is 8. The largest absolute Gasteiger partial charge is 0.743 e. The predicted molar refractivity (Wildman–Crippen MR) is 492 cm³/mol. The highest BCUT2D eigenvalue weighted by Gasteiger charge is 2.52. The molecule has 4 fully saturated rings. The molecular formula is C105H144F2O13S2. The second kappa shape index (κ2) is 50.9. The second-order valence-corrected chi connectivity index (χ2v) is 38.5. The monoisotopic (exact) mass is 1720 g/mol. The molecule has 0 heterocycles. The lowest BCUT2D eigenvalue weighted by Gasteiger charge is -2.36. The van der Waals surface area contributed by atoms with Gasteiger partial charge in [-0.25, -0.2) is 8.42 Å². The predicted octanol–water partition coefficient (Wildman–Crippen LogP) is 27.2. The summed E-state index contributed by atoms with van der Waals surface area (Å²) in [5.41, 5.74) is 8.92. The molecule has 668 valence electrons. The van der Waals surface area contributed by atoms with Crippen LogP contribution < -0.4 is 14.2 Å². The molecule has 0 saturated heterocycles. The maximum absolute atomic E-state index is 13.0. The van der Waals surface area contributed by atoms with Crippen molar-refractivity contribution >= 4 is 33.0 Å². The number of alkyl halides is 2. The Labute approximate surface area is 734 Å². The number of ether oxygens (including phenoxy) is 6. The molecule has 2 N–H and O–H groups in total. The first-order chi connectivity index (χ1) is 58.3. The molecule has 0 radical (unpaired) electrons. The van der Waals surface area contributed by atoms with Crippen LogP contribution in [0.25, 0.3) is 0 Å². The van der Waals surface area contributed by atoms with Gasteiger partial charge in [0.25, 0.3) is 0 Å². The van der Waals surface area contributed by atoms with E-state index in [9.17, 15) is 31.3 Å². The standard InChI is InChI=1S/C25H38O2.C20H19OS.C18H28O2.C12H16O2.C11H14.C10H14O.C9H16F2O5S/c1-3-19(2)22-9-11-23(12-10-22)27-24(25-15-13-20(17-25)14-16-25)26-18-21-7-5-4-6-8-21;21-16-15-17-11-13-20(14-12-17)22(18-7-3-1-4-8-18)19-9-5-2-6-10-19;1-4-14(2)16-10-12-18(13-11-16)20-15(3)19-17-8-6-5-7-9-17;1-4-9(2)11-5-7-12(8-6-11)14-10(3)13;1-8-7-10-5-3-4-6-11(10)9(8)2;1-3-8(2)9-4-6-10(11)7-5-9;1-5-8(3,4)7(12)16-6(2)9(10,11)17(13,14)15/h9-12,19-21,24H,3-8,13-18H2,1-2H3;1-14,21H,15-16H2;10-15,17H,4-9H2,1-3H3;5-9H,4H2,1-3H3;3-6,8-9H,7H2,1-2H3;4-8,11H,3H2,1-2H3;6H,5H2,1-4H3,(H,13,14,15)/q;+1;;;;;/p-1. The molecular weight excluding hydrogens is 1570 g/mol. The highest BCUT2D eigenvalue weighted by molar-refractivity contribution is 7.97. The van der Waals surface area contributed by atoms with Crippen molar-refractivity contribution in [3.05, 3.63) is 245 Å². The lowest BCUT2D eigenvalue weighted by Crippen LogP contribution is -2.44. The summed E-state index contributed by atoms with van der Waals surface area (Å²) in [6.45, 7) is 32.1. The van der Waals surface area contributed by atoms with E-state index >= 15 is 0 Å². The number of aliphatic hydroxyl groups is 1. The number of rotatable bonds is 29. The van der Waals surface area contributed by atoms with E-state index in [0.717, 1.165) is 54.6 Å². The van der Waals surface area contributed by atoms with Gasteiger partial charge in [-0.3, -0.25) is 9.59 Å². The number of halogens is 2. The van der Waals surface area contributed by atoms with Gasteiger partial charge in [0, 0.05) is 18.9 Å². The number of carbonyl (C=O) groups excluding carboxylic acids is 2. The molecule has 122 heavy (non-hydrogen) atoms. The fourth-order valence-corrected chi connectivity index (χ4v) is 18.5. The maximum atomic E-state index is 13.0. The van der Waals surface area contributed by atoms with E-state index in [1.807, 2.05) is 43.3 Å². The van der Waals surface area contributed by atoms with Crippen molar-refractivity contribution in [3.63, 3.8) is 0 Å². The molecule has 4 saturated carbocycles. The van der Waals surface area contributed by atoms with Crippen LogP contribution in [0.5, 0.6) is 23.0 Å². The lowest BCUT2D eigenvalue weighted by molar-refractivity contribution is -0.170. The molecule has 13 rings (SSSR count). The molecule has 8 aromatic carbocycles. The summed E-state index contributed by atoms with van der Waals surface area (Å²) in [5, 5.41) is 13.4. The Morgan fingerprint density at radius 2 is 0.992 bits per heavy atom. The summed E-state index contributed by atoms with van der Waals surface area (Å²) in [6.07, 6.45) is 24.6. The fourth-order valence-electron chi connectivity index (χ4n) is 16.0. The van der Waals surface area contributed by atoms with Gasteiger partial charge in [0.2, 0.25) is 6.29 Å². The number of aromatic hydroxyl groups is 1. The molecule has 9 atom stereocenters. The second-order valence-electron chi connectivity index (χ2n) is 35.0. The Hall–Kier alpha value is -7.90. The fraction of sp³-hybridized carbons (Fsp3) is 0.524. The molecule has 13 nitrogen and oxygen atoms in total. The topological polar surface area (TPSA) is 187 Å². The molecule has 17 heteroatoms. The van der Waals surface area contributed by atoms with Crippen molar-refractivity contribution < 1.29 is 70.0 Å². The van der Waals surface area contributed by atoms with Gasteiger partial charge in [0.15, 0.2) is 37.2 Å². The molecule has 2 bridgehead atoms. The van der Waals surface area contributed by atoms with Crippen LogP contribution in [0.3, 0.4) is 0 Å². The first-order valence-corrected chi connectivity index (χ1v) is 47.9. The van der Waals surface area contributed by atoms with Crippen LogP contribution in [0.2, 0.25) is 0 Å². The number of esters is 2. The van der Waals surface area contributed by atoms with E-state index in [0.29, 0.717) is 61.0 Å². The van der Waals surface area contributed by atoms with Gasteiger partial charge in [-0.05, 0) is 302 Å². The summed E-state index contributed by atoms with van der Waals surface area (Å²) in [5.74, 6) is 7.24. The Kier molecular flexibility index (Phi) is 42.2. The molecule has 0 aliphatic heterocycles. The summed E-state index contributed by atoms with van der Waals surface area (Å²) in [6, 6.07) is 71.1. The number of carbonyl (C=O) groups is 2. The van der Waals surface area contributed by atoms with Crippen LogP contribution in [-0.2, 0) is 57.7 Å². The molecule has 0 amide bonds. The summed E-state index contributed by atoms with van der Waals surface area (Å²) >= 11 is 0. The average molecular weight is 1720 g/mol. The van der Waals surface area contributed by atoms with Gasteiger partial charge >= 0.3 is 17.2 Å². The van der Waals surface area contributed by atoms with Crippen LogP contribution in [0.1, 0.15) is 308 Å². The SMILES string of the molecule is CC1Cc2ccccc2C1C.CCC(C)(C)C(=O)OC(C)C(F)(F)S(=O)(=O)[O-].CCC(C)c1ccc(O)cc1.CCC(C)c1ccc(OC(C)=O)cc1.CCC(C)c1ccc(OC(C)OC2CCCCC2)cc1.CCC(C)c1ccc(OC(OCC2CCCCC2)C23CCC(CC2)C3)cc1.OCCc1ccc([S+](c2ccccc2)c2ccccc2)cc1. The number of aliphatic hydroxyl groups excluding tert-OH is 1. The van der Waals surface area contributed by atoms with Crippen LogP contribution in [0.15, 0.2) is 221 Å². The van der Waals surface area contributed by atoms with E-state index in [1.54, 1.807) is 30.2 Å². The van der Waals surface area contributed by atoms with Gasteiger partial charge in [0.1, 0.15) is 23.0 Å². The van der Waals surface area contributed by atoms with Crippen molar-refractivity contribution in [2.75, 3.05) is 13.2 Å².